The molecule has 1 aromatic carbocycles. The van der Waals surface area contributed by atoms with E-state index in [0.29, 0.717) is 12.1 Å². The summed E-state index contributed by atoms with van der Waals surface area (Å²) < 4.78 is 64.8. The van der Waals surface area contributed by atoms with Crippen LogP contribution in [0.1, 0.15) is 17.2 Å². The summed E-state index contributed by atoms with van der Waals surface area (Å²) in [7, 11) is 0. The van der Waals surface area contributed by atoms with Gasteiger partial charge in [-0.1, -0.05) is 6.07 Å². The fourth-order valence-corrected chi connectivity index (χ4v) is 1.74. The van der Waals surface area contributed by atoms with Crippen molar-refractivity contribution in [1.29, 1.82) is 0 Å². The van der Waals surface area contributed by atoms with Gasteiger partial charge in [-0.15, -0.1) is 0 Å². The van der Waals surface area contributed by atoms with Crippen molar-refractivity contribution in [1.82, 2.24) is 0 Å². The molecular weight excluding hydrogens is 261 g/mol. The van der Waals surface area contributed by atoms with Crippen LogP contribution in [-0.4, -0.2) is 17.4 Å². The van der Waals surface area contributed by atoms with Crippen LogP contribution >= 0.6 is 0 Å². The monoisotopic (exact) mass is 267 g/mol. The highest BCUT2D eigenvalue weighted by Crippen LogP contribution is 2.46. The number of hydrogen-bond acceptors (Lipinski definition) is 2. The molecule has 0 saturated heterocycles. The van der Waals surface area contributed by atoms with Crippen LogP contribution in [0.25, 0.3) is 0 Å². The Kier molecular flexibility index (Phi) is 2.77. The molecule has 0 spiro atoms. The maximum Gasteiger partial charge on any atom is 0.352 e. The zero-order valence-corrected chi connectivity index (χ0v) is 8.55. The predicted molar refractivity (Wildman–Crippen MR) is 49.9 cm³/mol. The molecule has 1 heterocycles. The zero-order chi connectivity index (χ0) is 13.7. The molecule has 1 unspecified atom stereocenters. The summed E-state index contributed by atoms with van der Waals surface area (Å²) in [6, 6.07) is 1.24. The van der Waals surface area contributed by atoms with Crippen LogP contribution in [0.4, 0.5) is 27.6 Å². The number of aliphatic hydroxyl groups is 1. The van der Waals surface area contributed by atoms with Crippen molar-refractivity contribution in [2.75, 3.05) is 5.32 Å². The third-order valence-corrected chi connectivity index (χ3v) is 2.58. The Hall–Kier alpha value is -1.70. The molecule has 0 aliphatic carbocycles. The molecule has 0 saturated carbocycles. The average Bonchev–Trinajstić information content (AvgIpc) is 2.52. The molecule has 1 atom stereocenters. The molecule has 3 nitrogen and oxygen atoms in total. The topological polar surface area (TPSA) is 49.3 Å². The first-order valence-electron chi connectivity index (χ1n) is 4.75. The number of halogens is 5. The van der Waals surface area contributed by atoms with E-state index in [-0.39, 0.29) is 0 Å². The Labute approximate surface area is 97.2 Å². The molecule has 1 aliphatic heterocycles. The molecule has 0 aromatic heterocycles. The van der Waals surface area contributed by atoms with E-state index in [1.165, 1.54) is 0 Å². The van der Waals surface area contributed by atoms with Crippen molar-refractivity contribution in [2.45, 2.75) is 18.5 Å². The highest BCUT2D eigenvalue weighted by Gasteiger charge is 2.52. The van der Waals surface area contributed by atoms with Gasteiger partial charge in [0.05, 0.1) is 11.3 Å². The third-order valence-electron chi connectivity index (χ3n) is 2.58. The Morgan fingerprint density at radius 1 is 1.28 bits per heavy atom. The predicted octanol–water partition coefficient (Wildman–Crippen LogP) is 2.17. The van der Waals surface area contributed by atoms with E-state index in [9.17, 15) is 26.7 Å². The first-order valence-corrected chi connectivity index (χ1v) is 4.75. The lowest BCUT2D eigenvalue weighted by molar-refractivity contribution is -0.139. The third kappa shape index (κ3) is 1.64. The standard InChI is InChI=1S/C10H6F5NO2/c11-4-2-1-3(7(17)8(12)13)5-6(4)16-9(18)10(5,14)15/h1-2,7-8,17H,(H,16,18). The van der Waals surface area contributed by atoms with Gasteiger partial charge in [-0.25, -0.2) is 13.2 Å². The number of aliphatic hydroxyl groups excluding tert-OH is 1. The number of nitrogens with one attached hydrogen (secondary N) is 1. The van der Waals surface area contributed by atoms with Gasteiger partial charge in [0.15, 0.2) is 0 Å². The summed E-state index contributed by atoms with van der Waals surface area (Å²) in [6.45, 7) is 0. The molecule has 18 heavy (non-hydrogen) atoms. The molecule has 0 bridgehead atoms. The lowest BCUT2D eigenvalue weighted by atomic mass is 9.97. The maximum absolute atomic E-state index is 13.5. The molecule has 98 valence electrons. The van der Waals surface area contributed by atoms with E-state index < -0.39 is 47.0 Å². The minimum absolute atomic E-state index is 0.610. The minimum atomic E-state index is -4.15. The number of alkyl halides is 4. The Balaban J connectivity index is 2.67. The van der Waals surface area contributed by atoms with Gasteiger partial charge < -0.3 is 10.4 Å². The van der Waals surface area contributed by atoms with E-state index in [0.717, 1.165) is 0 Å². The second-order valence-electron chi connectivity index (χ2n) is 3.69. The second kappa shape index (κ2) is 3.91. The summed E-state index contributed by atoms with van der Waals surface area (Å²) in [5, 5.41) is 10.7. The van der Waals surface area contributed by atoms with Crippen molar-refractivity contribution < 1.29 is 31.9 Å². The Morgan fingerprint density at radius 2 is 1.89 bits per heavy atom. The number of hydrogen-bond donors (Lipinski definition) is 2. The van der Waals surface area contributed by atoms with Crippen LogP contribution in [0.3, 0.4) is 0 Å². The number of anilines is 1. The number of rotatable bonds is 2. The molecular formula is C10H6F5NO2. The Bertz CT molecular complexity index is 517. The van der Waals surface area contributed by atoms with Gasteiger partial charge in [-0.05, 0) is 11.6 Å². The number of carbonyl (C=O) groups excluding carboxylic acids is 1. The van der Waals surface area contributed by atoms with Crippen LogP contribution in [0.2, 0.25) is 0 Å². The van der Waals surface area contributed by atoms with Crippen LogP contribution < -0.4 is 5.32 Å². The average molecular weight is 267 g/mol. The molecule has 1 aromatic rings. The lowest BCUT2D eigenvalue weighted by Crippen LogP contribution is -2.25. The molecule has 1 amide bonds. The summed E-state index contributed by atoms with van der Waals surface area (Å²) >= 11 is 0. The fourth-order valence-electron chi connectivity index (χ4n) is 1.74. The van der Waals surface area contributed by atoms with Crippen LogP contribution in [0.5, 0.6) is 0 Å². The highest BCUT2D eigenvalue weighted by atomic mass is 19.3. The van der Waals surface area contributed by atoms with Gasteiger partial charge in [-0.3, -0.25) is 4.79 Å². The molecule has 1 aliphatic rings. The normalized spacial score (nSPS) is 18.7. The smallest absolute Gasteiger partial charge is 0.352 e. The van der Waals surface area contributed by atoms with E-state index >= 15 is 0 Å². The fraction of sp³-hybridized carbons (Fsp3) is 0.300. The molecule has 8 heteroatoms. The van der Waals surface area contributed by atoms with Crippen molar-refractivity contribution in [3.05, 3.63) is 29.1 Å². The van der Waals surface area contributed by atoms with Crippen molar-refractivity contribution in [3.8, 4) is 0 Å². The SMILES string of the molecule is O=C1Nc2c(F)ccc(C(O)C(F)F)c2C1(F)F. The molecule has 2 N–H and O–H groups in total. The van der Waals surface area contributed by atoms with Crippen LogP contribution in [-0.2, 0) is 10.7 Å². The summed E-state index contributed by atoms with van der Waals surface area (Å²) in [5.74, 6) is -7.14. The van der Waals surface area contributed by atoms with E-state index in [1.807, 2.05) is 0 Å². The van der Waals surface area contributed by atoms with Crippen molar-refractivity contribution in [3.63, 3.8) is 0 Å². The number of fused-ring (bicyclic) bond motifs is 1. The van der Waals surface area contributed by atoms with Crippen molar-refractivity contribution in [2.24, 2.45) is 0 Å². The second-order valence-corrected chi connectivity index (χ2v) is 3.69. The zero-order valence-electron chi connectivity index (χ0n) is 8.55. The molecule has 0 radical (unpaired) electrons. The van der Waals surface area contributed by atoms with E-state index in [2.05, 4.69) is 0 Å². The molecule has 2 rings (SSSR count). The van der Waals surface area contributed by atoms with E-state index in [4.69, 9.17) is 5.11 Å². The Morgan fingerprint density at radius 3 is 2.44 bits per heavy atom. The highest BCUT2D eigenvalue weighted by molar-refractivity contribution is 6.04. The maximum atomic E-state index is 13.5. The van der Waals surface area contributed by atoms with Gasteiger partial charge in [-0.2, -0.15) is 8.78 Å². The van der Waals surface area contributed by atoms with Crippen LogP contribution in [0, 0.1) is 5.82 Å². The minimum Gasteiger partial charge on any atom is -0.382 e. The lowest BCUT2D eigenvalue weighted by Gasteiger charge is -2.16. The van der Waals surface area contributed by atoms with Gasteiger partial charge in [0.25, 0.3) is 12.3 Å². The summed E-state index contributed by atoms with van der Waals surface area (Å²) in [6.07, 6.45) is -5.84. The van der Waals surface area contributed by atoms with Gasteiger partial charge in [0.1, 0.15) is 11.9 Å². The molecule has 0 fully saturated rings. The van der Waals surface area contributed by atoms with Gasteiger partial charge in [0, 0.05) is 0 Å². The quantitative estimate of drug-likeness (QED) is 0.807. The van der Waals surface area contributed by atoms with E-state index in [1.54, 1.807) is 5.32 Å². The summed E-state index contributed by atoms with van der Waals surface area (Å²) in [5.41, 5.74) is -2.98. The van der Waals surface area contributed by atoms with Crippen molar-refractivity contribution >= 4 is 11.6 Å². The largest absolute Gasteiger partial charge is 0.382 e. The summed E-state index contributed by atoms with van der Waals surface area (Å²) in [4.78, 5) is 11.0. The first kappa shape index (κ1) is 12.7. The van der Waals surface area contributed by atoms with Gasteiger partial charge >= 0.3 is 5.92 Å². The number of amides is 1. The van der Waals surface area contributed by atoms with Crippen LogP contribution in [0.15, 0.2) is 12.1 Å². The number of carbonyl (C=O) groups is 1. The van der Waals surface area contributed by atoms with Gasteiger partial charge in [0.2, 0.25) is 0 Å². The first-order chi connectivity index (χ1) is 8.26. The number of benzene rings is 1.